The average molecular weight is 289 g/mol. The molecule has 3 aromatic heterocycles. The molecule has 0 fully saturated rings. The first-order chi connectivity index (χ1) is 9.56. The highest BCUT2D eigenvalue weighted by molar-refractivity contribution is 6.30. The van der Waals surface area contributed by atoms with E-state index in [0.29, 0.717) is 28.5 Å². The Hall–Kier alpha value is -2.01. The summed E-state index contributed by atoms with van der Waals surface area (Å²) < 4.78 is 5.46. The van der Waals surface area contributed by atoms with Crippen LogP contribution in [0.15, 0.2) is 22.9 Å². The van der Waals surface area contributed by atoms with Crippen molar-refractivity contribution >= 4 is 22.4 Å². The van der Waals surface area contributed by atoms with Crippen molar-refractivity contribution in [3.05, 3.63) is 35.1 Å². The molecule has 0 bridgehead atoms. The zero-order chi connectivity index (χ0) is 14.3. The maximum absolute atomic E-state index is 6.01. The molecule has 0 radical (unpaired) electrons. The van der Waals surface area contributed by atoms with Crippen LogP contribution in [0.5, 0.6) is 0 Å². The minimum absolute atomic E-state index is 0.335. The van der Waals surface area contributed by atoms with Crippen LogP contribution in [0.2, 0.25) is 5.15 Å². The number of halogens is 1. The fraction of sp³-hybridized carbons (Fsp3) is 0.286. The molecule has 3 rings (SSSR count). The van der Waals surface area contributed by atoms with Crippen molar-refractivity contribution in [2.45, 2.75) is 26.7 Å². The van der Waals surface area contributed by atoms with E-state index in [1.165, 1.54) is 0 Å². The quantitative estimate of drug-likeness (QED) is 0.672. The SMILES string of the molecule is Cc1nnc(-c2ncc(C(C)C)c3cc(Cl)ncc23)o1. The zero-order valence-corrected chi connectivity index (χ0v) is 12.1. The smallest absolute Gasteiger partial charge is 0.266 e. The third-order valence-corrected chi connectivity index (χ3v) is 3.33. The maximum atomic E-state index is 6.01. The third kappa shape index (κ3) is 2.14. The predicted molar refractivity (Wildman–Crippen MR) is 76.7 cm³/mol. The van der Waals surface area contributed by atoms with Gasteiger partial charge in [-0.05, 0) is 22.9 Å². The van der Waals surface area contributed by atoms with E-state index in [0.717, 1.165) is 16.3 Å². The van der Waals surface area contributed by atoms with Crippen LogP contribution in [0.25, 0.3) is 22.4 Å². The minimum Gasteiger partial charge on any atom is -0.420 e. The molecule has 3 aromatic rings. The molecule has 0 N–H and O–H groups in total. The van der Waals surface area contributed by atoms with Crippen LogP contribution < -0.4 is 0 Å². The number of hydrogen-bond acceptors (Lipinski definition) is 5. The van der Waals surface area contributed by atoms with Crippen LogP contribution in [-0.2, 0) is 0 Å². The summed E-state index contributed by atoms with van der Waals surface area (Å²) in [5.41, 5.74) is 1.75. The Kier molecular flexibility index (Phi) is 3.14. The fourth-order valence-electron chi connectivity index (χ4n) is 2.15. The molecule has 5 nitrogen and oxygen atoms in total. The molecule has 0 saturated heterocycles. The second kappa shape index (κ2) is 4.83. The zero-order valence-electron chi connectivity index (χ0n) is 11.4. The lowest BCUT2D eigenvalue weighted by atomic mass is 9.98. The number of hydrogen-bond donors (Lipinski definition) is 0. The predicted octanol–water partition coefficient (Wildman–Crippen LogP) is 3.77. The highest BCUT2D eigenvalue weighted by Crippen LogP contribution is 2.31. The first-order valence-corrected chi connectivity index (χ1v) is 6.68. The molecule has 0 aromatic carbocycles. The Morgan fingerprint density at radius 1 is 1.10 bits per heavy atom. The second-order valence-electron chi connectivity index (χ2n) is 4.90. The van der Waals surface area contributed by atoms with Crippen molar-refractivity contribution in [3.8, 4) is 11.6 Å². The summed E-state index contributed by atoms with van der Waals surface area (Å²) in [5.74, 6) is 1.23. The van der Waals surface area contributed by atoms with Gasteiger partial charge in [0.05, 0.1) is 0 Å². The minimum atomic E-state index is 0.335. The van der Waals surface area contributed by atoms with Gasteiger partial charge in [0.1, 0.15) is 10.8 Å². The first-order valence-electron chi connectivity index (χ1n) is 6.31. The summed E-state index contributed by atoms with van der Waals surface area (Å²) in [6, 6.07) is 1.85. The summed E-state index contributed by atoms with van der Waals surface area (Å²) in [4.78, 5) is 8.60. The van der Waals surface area contributed by atoms with Gasteiger partial charge in [0.2, 0.25) is 5.89 Å². The van der Waals surface area contributed by atoms with Crippen molar-refractivity contribution in [1.29, 1.82) is 0 Å². The molecule has 3 heterocycles. The number of aromatic nitrogens is 4. The fourth-order valence-corrected chi connectivity index (χ4v) is 2.31. The van der Waals surface area contributed by atoms with E-state index in [1.54, 1.807) is 13.1 Å². The summed E-state index contributed by atoms with van der Waals surface area (Å²) >= 11 is 6.01. The molecule has 0 amide bonds. The summed E-state index contributed by atoms with van der Waals surface area (Å²) in [6.07, 6.45) is 3.53. The Bertz CT molecular complexity index is 782. The molecule has 0 aliphatic heterocycles. The Morgan fingerprint density at radius 3 is 2.55 bits per heavy atom. The van der Waals surface area contributed by atoms with Gasteiger partial charge < -0.3 is 4.42 Å². The van der Waals surface area contributed by atoms with Crippen LogP contribution in [0.4, 0.5) is 0 Å². The summed E-state index contributed by atoms with van der Waals surface area (Å²) in [5, 5.41) is 10.2. The highest BCUT2D eigenvalue weighted by Gasteiger charge is 2.16. The van der Waals surface area contributed by atoms with Crippen molar-refractivity contribution < 1.29 is 4.42 Å². The number of aryl methyl sites for hydroxylation is 1. The van der Waals surface area contributed by atoms with E-state index in [-0.39, 0.29) is 0 Å². The van der Waals surface area contributed by atoms with E-state index in [1.807, 2.05) is 12.3 Å². The molecule has 20 heavy (non-hydrogen) atoms. The molecular weight excluding hydrogens is 276 g/mol. The topological polar surface area (TPSA) is 64.7 Å². The van der Waals surface area contributed by atoms with Crippen molar-refractivity contribution in [2.24, 2.45) is 0 Å². The summed E-state index contributed by atoms with van der Waals surface area (Å²) in [6.45, 7) is 5.97. The van der Waals surface area contributed by atoms with Gasteiger partial charge in [0.25, 0.3) is 5.89 Å². The highest BCUT2D eigenvalue weighted by atomic mass is 35.5. The lowest BCUT2D eigenvalue weighted by Gasteiger charge is -2.11. The molecule has 0 unspecified atom stereocenters. The molecule has 0 saturated carbocycles. The number of nitrogens with zero attached hydrogens (tertiary/aromatic N) is 4. The molecule has 0 atom stereocenters. The van der Waals surface area contributed by atoms with E-state index < -0.39 is 0 Å². The Labute approximate surface area is 121 Å². The lowest BCUT2D eigenvalue weighted by molar-refractivity contribution is 0.531. The first kappa shape index (κ1) is 13.0. The molecule has 0 aliphatic carbocycles. The van der Waals surface area contributed by atoms with Gasteiger partial charge in [0.15, 0.2) is 0 Å². The van der Waals surface area contributed by atoms with Crippen LogP contribution in [0.3, 0.4) is 0 Å². The monoisotopic (exact) mass is 288 g/mol. The molecule has 6 heteroatoms. The van der Waals surface area contributed by atoms with Crippen molar-refractivity contribution in [3.63, 3.8) is 0 Å². The van der Waals surface area contributed by atoms with Crippen molar-refractivity contribution in [1.82, 2.24) is 20.2 Å². The normalized spacial score (nSPS) is 11.4. The maximum Gasteiger partial charge on any atom is 0.266 e. The van der Waals surface area contributed by atoms with Gasteiger partial charge in [-0.3, -0.25) is 4.98 Å². The standard InChI is InChI=1S/C14H13ClN4O/c1-7(2)10-5-17-13(14-19-18-8(3)20-14)11-6-16-12(15)4-9(10)11/h4-7H,1-3H3. The van der Waals surface area contributed by atoms with Gasteiger partial charge in [0, 0.05) is 24.7 Å². The van der Waals surface area contributed by atoms with E-state index >= 15 is 0 Å². The van der Waals surface area contributed by atoms with Gasteiger partial charge in [-0.2, -0.15) is 0 Å². The molecular formula is C14H13ClN4O. The molecule has 102 valence electrons. The number of rotatable bonds is 2. The van der Waals surface area contributed by atoms with Gasteiger partial charge >= 0.3 is 0 Å². The van der Waals surface area contributed by atoms with Crippen LogP contribution in [-0.4, -0.2) is 20.2 Å². The Balaban J connectivity index is 2.33. The third-order valence-electron chi connectivity index (χ3n) is 3.12. The van der Waals surface area contributed by atoms with Gasteiger partial charge in [-0.1, -0.05) is 25.4 Å². The van der Waals surface area contributed by atoms with Gasteiger partial charge in [-0.25, -0.2) is 4.98 Å². The summed E-state index contributed by atoms with van der Waals surface area (Å²) in [7, 11) is 0. The van der Waals surface area contributed by atoms with Crippen molar-refractivity contribution in [2.75, 3.05) is 0 Å². The van der Waals surface area contributed by atoms with E-state index in [4.69, 9.17) is 16.0 Å². The van der Waals surface area contributed by atoms with Gasteiger partial charge in [-0.15, -0.1) is 10.2 Å². The number of fused-ring (bicyclic) bond motifs is 1. The lowest BCUT2D eigenvalue weighted by Crippen LogP contribution is -1.96. The van der Waals surface area contributed by atoms with E-state index in [2.05, 4.69) is 34.0 Å². The number of pyridine rings is 2. The van der Waals surface area contributed by atoms with E-state index in [9.17, 15) is 0 Å². The largest absolute Gasteiger partial charge is 0.420 e. The molecule has 0 aliphatic rings. The average Bonchev–Trinajstić information content (AvgIpc) is 2.83. The second-order valence-corrected chi connectivity index (χ2v) is 5.28. The van der Waals surface area contributed by atoms with Crippen LogP contribution in [0.1, 0.15) is 31.2 Å². The van der Waals surface area contributed by atoms with Crippen LogP contribution >= 0.6 is 11.6 Å². The Morgan fingerprint density at radius 2 is 1.90 bits per heavy atom. The van der Waals surface area contributed by atoms with Crippen LogP contribution in [0, 0.1) is 6.92 Å². The molecule has 0 spiro atoms.